The van der Waals surface area contributed by atoms with Gasteiger partial charge in [-0.3, -0.25) is 9.59 Å². The maximum absolute atomic E-state index is 12.9. The Morgan fingerprint density at radius 1 is 1.12 bits per heavy atom. The van der Waals surface area contributed by atoms with Crippen molar-refractivity contribution in [3.05, 3.63) is 71.1 Å². The van der Waals surface area contributed by atoms with Gasteiger partial charge in [0.05, 0.1) is 19.6 Å². The summed E-state index contributed by atoms with van der Waals surface area (Å²) in [4.78, 5) is 24.1. The minimum atomic E-state index is -0.789. The van der Waals surface area contributed by atoms with E-state index >= 15 is 0 Å². The molecule has 2 aromatic rings. The first-order valence-electron chi connectivity index (χ1n) is 7.80. The molecule has 2 rings (SSSR count). The summed E-state index contributed by atoms with van der Waals surface area (Å²) in [6.07, 6.45) is 0.557. The summed E-state index contributed by atoms with van der Waals surface area (Å²) < 4.78 is 9.79. The summed E-state index contributed by atoms with van der Waals surface area (Å²) >= 11 is 0. The zero-order valence-corrected chi connectivity index (χ0v) is 15.1. The third kappa shape index (κ3) is 6.07. The quantitative estimate of drug-likeness (QED) is 0.326. The molecule has 0 heterocycles. The Morgan fingerprint density at radius 2 is 1.77 bits per heavy atom. The van der Waals surface area contributed by atoms with E-state index in [1.54, 1.807) is 38.3 Å². The first kappa shape index (κ1) is 21.5. The first-order chi connectivity index (χ1) is 12.2. The van der Waals surface area contributed by atoms with Gasteiger partial charge in [-0.25, -0.2) is 0 Å². The molecule has 2 aromatic carbocycles. The SMILES string of the molecule is CCOC(=O)[N-]/N=C\C(C(=O)c1ccc(OC)cc1)c1ccccc1.[Li+]. The van der Waals surface area contributed by atoms with Crippen molar-refractivity contribution in [1.82, 2.24) is 0 Å². The smallest absolute Gasteiger partial charge is 0.509 e. The summed E-state index contributed by atoms with van der Waals surface area (Å²) in [5, 5.41) is 3.73. The molecule has 1 amide bonds. The van der Waals surface area contributed by atoms with Crippen molar-refractivity contribution >= 4 is 18.1 Å². The molecule has 1 unspecified atom stereocenters. The van der Waals surface area contributed by atoms with Crippen molar-refractivity contribution in [2.45, 2.75) is 12.8 Å². The van der Waals surface area contributed by atoms with Crippen molar-refractivity contribution in [1.29, 1.82) is 0 Å². The number of nitrogens with zero attached hydrogens (tertiary/aromatic N) is 2. The third-order valence-corrected chi connectivity index (χ3v) is 3.44. The van der Waals surface area contributed by atoms with Crippen LogP contribution in [-0.4, -0.2) is 31.8 Å². The number of benzene rings is 2. The standard InChI is InChI=1S/C19H20N2O4.Li/c1-3-25-19(23)21-20-13-17(14-7-5-4-6-8-14)18(22)15-9-11-16(24-2)12-10-15;/h4-13,17H,3H2,1-2H3,(H,21,23);/q;+1/p-1/b20-13-;. The van der Waals surface area contributed by atoms with Gasteiger partial charge >= 0.3 is 18.9 Å². The number of methoxy groups -OCH3 is 1. The topological polar surface area (TPSA) is 79.1 Å². The minimum Gasteiger partial charge on any atom is -0.509 e. The van der Waals surface area contributed by atoms with E-state index < -0.39 is 12.0 Å². The molecule has 1 atom stereocenters. The first-order valence-corrected chi connectivity index (χ1v) is 7.80. The fourth-order valence-electron chi connectivity index (χ4n) is 2.20. The van der Waals surface area contributed by atoms with Crippen LogP contribution in [0.1, 0.15) is 28.8 Å². The van der Waals surface area contributed by atoms with Gasteiger partial charge in [0.1, 0.15) is 5.75 Å². The van der Waals surface area contributed by atoms with Crippen LogP contribution in [0.4, 0.5) is 4.79 Å². The second kappa shape index (κ2) is 11.1. The van der Waals surface area contributed by atoms with Gasteiger partial charge in [0, 0.05) is 5.56 Å². The number of ether oxygens (including phenoxy) is 2. The van der Waals surface area contributed by atoms with Crippen molar-refractivity contribution in [3.63, 3.8) is 0 Å². The molecule has 6 nitrogen and oxygen atoms in total. The van der Waals surface area contributed by atoms with E-state index in [0.717, 1.165) is 5.56 Å². The number of ketones is 1. The van der Waals surface area contributed by atoms with Crippen LogP contribution in [0.25, 0.3) is 5.43 Å². The number of rotatable bonds is 7. The second-order valence-corrected chi connectivity index (χ2v) is 5.04. The van der Waals surface area contributed by atoms with Crippen LogP contribution in [0.15, 0.2) is 59.7 Å². The van der Waals surface area contributed by atoms with E-state index in [-0.39, 0.29) is 31.3 Å². The van der Waals surface area contributed by atoms with Gasteiger partial charge in [-0.2, -0.15) is 0 Å². The Labute approximate surface area is 164 Å². The number of carbonyl (C=O) groups excluding carboxylic acids is 2. The van der Waals surface area contributed by atoms with Gasteiger partial charge in [0.2, 0.25) is 6.09 Å². The van der Waals surface area contributed by atoms with Gasteiger partial charge < -0.3 is 20.0 Å². The van der Waals surface area contributed by atoms with Gasteiger partial charge in [0.25, 0.3) is 0 Å². The molecule has 0 fully saturated rings. The zero-order valence-electron chi connectivity index (χ0n) is 15.1. The Bertz CT molecular complexity index is 733. The maximum Gasteiger partial charge on any atom is 1.00 e. The summed E-state index contributed by atoms with van der Waals surface area (Å²) in [7, 11) is 1.56. The van der Waals surface area contributed by atoms with Gasteiger partial charge in [-0.05, 0) is 43.0 Å². The average molecular weight is 346 g/mol. The van der Waals surface area contributed by atoms with Crippen LogP contribution in [0.2, 0.25) is 0 Å². The van der Waals surface area contributed by atoms with E-state index in [9.17, 15) is 9.59 Å². The number of hydrogen-bond acceptors (Lipinski definition) is 5. The van der Waals surface area contributed by atoms with Gasteiger partial charge in [0.15, 0.2) is 5.78 Å². The second-order valence-electron chi connectivity index (χ2n) is 5.04. The molecule has 0 N–H and O–H groups in total. The number of hydrogen-bond donors (Lipinski definition) is 0. The number of carbonyl (C=O) groups is 2. The predicted molar refractivity (Wildman–Crippen MR) is 95.4 cm³/mol. The molecular formula is C19H19LiN2O4. The van der Waals surface area contributed by atoms with Crippen LogP contribution in [-0.2, 0) is 4.74 Å². The molecule has 0 radical (unpaired) electrons. The summed E-state index contributed by atoms with van der Waals surface area (Å²) in [6.45, 7) is 1.89. The molecule has 0 bridgehead atoms. The molecule has 26 heavy (non-hydrogen) atoms. The van der Waals surface area contributed by atoms with Crippen LogP contribution in [0.5, 0.6) is 5.75 Å². The third-order valence-electron chi connectivity index (χ3n) is 3.44. The summed E-state index contributed by atoms with van der Waals surface area (Å²) in [6, 6.07) is 16.0. The monoisotopic (exact) mass is 346 g/mol. The Balaban J connectivity index is 0.00000338. The van der Waals surface area contributed by atoms with Crippen LogP contribution < -0.4 is 23.6 Å². The van der Waals surface area contributed by atoms with Gasteiger partial charge in [-0.15, -0.1) is 0 Å². The van der Waals surface area contributed by atoms with Crippen LogP contribution >= 0.6 is 0 Å². The minimum absolute atomic E-state index is 0. The molecular weight excluding hydrogens is 327 g/mol. The summed E-state index contributed by atoms with van der Waals surface area (Å²) in [5.74, 6) is -0.150. The molecule has 7 heteroatoms. The van der Waals surface area contributed by atoms with E-state index in [2.05, 4.69) is 15.3 Å². The normalized spacial score (nSPS) is 11.3. The van der Waals surface area contributed by atoms with Crippen molar-refractivity contribution < 1.29 is 37.9 Å². The Morgan fingerprint density at radius 3 is 2.35 bits per heavy atom. The Hall–Kier alpha value is -2.55. The largest absolute Gasteiger partial charge is 1.00 e. The molecule has 0 aliphatic carbocycles. The van der Waals surface area contributed by atoms with Crippen molar-refractivity contribution in [3.8, 4) is 5.75 Å². The molecule has 0 saturated heterocycles. The van der Waals surface area contributed by atoms with Crippen LogP contribution in [0, 0.1) is 0 Å². The van der Waals surface area contributed by atoms with Crippen molar-refractivity contribution in [2.24, 2.45) is 5.10 Å². The Kier molecular flexibility index (Phi) is 9.21. The number of Topliss-reactive ketones (excluding diaryl/α,β-unsaturated/α-hetero) is 1. The fraction of sp³-hybridized carbons (Fsp3) is 0.211. The van der Waals surface area contributed by atoms with Gasteiger partial charge in [-0.1, -0.05) is 30.3 Å². The molecule has 0 aliphatic heterocycles. The fourth-order valence-corrected chi connectivity index (χ4v) is 2.20. The van der Waals surface area contributed by atoms with E-state index in [1.807, 2.05) is 30.3 Å². The molecule has 130 valence electrons. The zero-order chi connectivity index (χ0) is 18.1. The predicted octanol–water partition coefficient (Wildman–Crippen LogP) is 1.18. The molecule has 0 saturated carbocycles. The van der Waals surface area contributed by atoms with E-state index in [1.165, 1.54) is 6.21 Å². The average Bonchev–Trinajstić information content (AvgIpc) is 2.66. The summed E-state index contributed by atoms with van der Waals surface area (Å²) in [5.41, 5.74) is 4.69. The van der Waals surface area contributed by atoms with E-state index in [0.29, 0.717) is 11.3 Å². The molecule has 0 aliphatic rings. The molecule has 0 spiro atoms. The number of amides is 1. The maximum atomic E-state index is 12.9. The van der Waals surface area contributed by atoms with Crippen molar-refractivity contribution in [2.75, 3.05) is 13.7 Å². The van der Waals surface area contributed by atoms with E-state index in [4.69, 9.17) is 4.74 Å². The van der Waals surface area contributed by atoms with Crippen LogP contribution in [0.3, 0.4) is 0 Å². The molecule has 0 aromatic heterocycles.